The zero-order valence-electron chi connectivity index (χ0n) is 11.3. The number of hydrogen-bond acceptors (Lipinski definition) is 4. The molecule has 96 valence electrons. The van der Waals surface area contributed by atoms with Gasteiger partial charge >= 0.3 is 0 Å². The van der Waals surface area contributed by atoms with E-state index in [4.69, 9.17) is 4.98 Å². The van der Waals surface area contributed by atoms with Crippen molar-refractivity contribution in [3.05, 3.63) is 40.4 Å². The van der Waals surface area contributed by atoms with Gasteiger partial charge in [0.15, 0.2) is 5.01 Å². The van der Waals surface area contributed by atoms with E-state index in [1.165, 1.54) is 16.5 Å². The third-order valence-corrected chi connectivity index (χ3v) is 4.08. The Balaban J connectivity index is 2.31. The molecule has 0 radical (unpaired) electrons. The topological polar surface area (TPSA) is 38.7 Å². The summed E-state index contributed by atoms with van der Waals surface area (Å²) in [5.74, 6) is 0. The van der Waals surface area contributed by atoms with Crippen LogP contribution >= 0.6 is 11.3 Å². The van der Waals surface area contributed by atoms with Gasteiger partial charge in [-0.2, -0.15) is 0 Å². The van der Waals surface area contributed by atoms with E-state index in [2.05, 4.69) is 48.3 Å². The Morgan fingerprint density at radius 3 is 2.68 bits per heavy atom. The molecule has 2 heterocycles. The van der Waals surface area contributed by atoms with Crippen molar-refractivity contribution in [1.82, 2.24) is 15.2 Å². The third-order valence-electron chi connectivity index (χ3n) is 3.24. The second-order valence-corrected chi connectivity index (χ2v) is 5.80. The molecule has 3 rings (SSSR count). The van der Waals surface area contributed by atoms with Crippen LogP contribution in [0.25, 0.3) is 21.6 Å². The van der Waals surface area contributed by atoms with Crippen molar-refractivity contribution in [3.63, 3.8) is 0 Å². The number of aryl methyl sites for hydroxylation is 3. The maximum atomic E-state index is 4.84. The number of pyridine rings is 1. The van der Waals surface area contributed by atoms with Gasteiger partial charge in [0.25, 0.3) is 0 Å². The molecular weight excluding hydrogens is 254 g/mol. The molecule has 2 aromatic heterocycles. The highest BCUT2D eigenvalue weighted by Crippen LogP contribution is 2.29. The van der Waals surface area contributed by atoms with Crippen LogP contribution in [0.15, 0.2) is 24.3 Å². The van der Waals surface area contributed by atoms with E-state index in [0.29, 0.717) is 0 Å². The molecule has 19 heavy (non-hydrogen) atoms. The van der Waals surface area contributed by atoms with E-state index in [9.17, 15) is 0 Å². The van der Waals surface area contributed by atoms with Gasteiger partial charge in [0, 0.05) is 5.39 Å². The number of rotatable bonds is 2. The number of para-hydroxylation sites is 1. The molecule has 0 atom stereocenters. The Bertz CT molecular complexity index is 746. The van der Waals surface area contributed by atoms with Crippen molar-refractivity contribution in [1.29, 1.82) is 0 Å². The van der Waals surface area contributed by atoms with Crippen LogP contribution in [0.2, 0.25) is 0 Å². The monoisotopic (exact) mass is 269 g/mol. The molecule has 0 fully saturated rings. The van der Waals surface area contributed by atoms with Crippen LogP contribution in [0.1, 0.15) is 23.1 Å². The number of aromatic nitrogens is 3. The van der Waals surface area contributed by atoms with Gasteiger partial charge in [-0.05, 0) is 37.5 Å². The van der Waals surface area contributed by atoms with Gasteiger partial charge in [0.05, 0.1) is 5.52 Å². The normalized spacial score (nSPS) is 11.1. The molecule has 3 nitrogen and oxygen atoms in total. The summed E-state index contributed by atoms with van der Waals surface area (Å²) in [6.45, 7) is 6.21. The minimum absolute atomic E-state index is 0.916. The lowest BCUT2D eigenvalue weighted by atomic mass is 10.0. The number of nitrogens with zero attached hydrogens (tertiary/aromatic N) is 3. The second-order valence-electron chi connectivity index (χ2n) is 4.62. The van der Waals surface area contributed by atoms with Gasteiger partial charge in [-0.3, -0.25) is 0 Å². The highest BCUT2D eigenvalue weighted by Gasteiger charge is 2.12. The van der Waals surface area contributed by atoms with E-state index in [1.807, 2.05) is 6.92 Å². The molecular formula is C15H15N3S. The van der Waals surface area contributed by atoms with Crippen molar-refractivity contribution >= 4 is 22.2 Å². The van der Waals surface area contributed by atoms with Crippen molar-refractivity contribution < 1.29 is 0 Å². The summed E-state index contributed by atoms with van der Waals surface area (Å²) in [7, 11) is 0. The van der Waals surface area contributed by atoms with Gasteiger partial charge in [-0.1, -0.05) is 36.5 Å². The van der Waals surface area contributed by atoms with Crippen LogP contribution in [0, 0.1) is 13.8 Å². The van der Waals surface area contributed by atoms with Gasteiger partial charge in [0.1, 0.15) is 10.7 Å². The van der Waals surface area contributed by atoms with Gasteiger partial charge in [0.2, 0.25) is 0 Å². The Morgan fingerprint density at radius 1 is 1.16 bits per heavy atom. The number of benzene rings is 1. The predicted octanol–water partition coefficient (Wildman–Crippen LogP) is 3.93. The van der Waals surface area contributed by atoms with Crippen LogP contribution in [0.3, 0.4) is 0 Å². The Morgan fingerprint density at radius 2 is 2.00 bits per heavy atom. The van der Waals surface area contributed by atoms with E-state index >= 15 is 0 Å². The summed E-state index contributed by atoms with van der Waals surface area (Å²) >= 11 is 1.60. The molecule has 0 aliphatic heterocycles. The maximum Gasteiger partial charge on any atom is 0.166 e. The minimum Gasteiger partial charge on any atom is -0.245 e. The first-order valence-corrected chi connectivity index (χ1v) is 7.20. The Kier molecular flexibility index (Phi) is 3.03. The van der Waals surface area contributed by atoms with Crippen molar-refractivity contribution in [3.8, 4) is 10.7 Å². The average molecular weight is 269 g/mol. The van der Waals surface area contributed by atoms with Crippen LogP contribution in [0.4, 0.5) is 0 Å². The molecule has 0 aliphatic rings. The van der Waals surface area contributed by atoms with Gasteiger partial charge in [-0.25, -0.2) is 4.98 Å². The fourth-order valence-electron chi connectivity index (χ4n) is 2.24. The summed E-state index contributed by atoms with van der Waals surface area (Å²) in [6.07, 6.45) is 0.949. The lowest BCUT2D eigenvalue weighted by Gasteiger charge is -2.08. The zero-order chi connectivity index (χ0) is 13.4. The molecule has 0 bridgehead atoms. The SMILES string of the molecule is CCc1cc2cccc(C)c2nc1-c1nnc(C)s1. The highest BCUT2D eigenvalue weighted by atomic mass is 32.1. The molecule has 0 spiro atoms. The molecule has 0 saturated carbocycles. The number of fused-ring (bicyclic) bond motifs is 1. The van der Waals surface area contributed by atoms with Gasteiger partial charge in [-0.15, -0.1) is 10.2 Å². The summed E-state index contributed by atoms with van der Waals surface area (Å²) in [5, 5.41) is 11.4. The molecule has 0 amide bonds. The van der Waals surface area contributed by atoms with E-state index in [0.717, 1.165) is 27.6 Å². The van der Waals surface area contributed by atoms with Crippen LogP contribution in [0.5, 0.6) is 0 Å². The van der Waals surface area contributed by atoms with E-state index in [-0.39, 0.29) is 0 Å². The van der Waals surface area contributed by atoms with Crippen molar-refractivity contribution in [2.45, 2.75) is 27.2 Å². The Labute approximate surface area is 116 Å². The summed E-state index contributed by atoms with van der Waals surface area (Å²) < 4.78 is 0. The standard InChI is InChI=1S/C15H15N3S/c1-4-11-8-12-7-5-6-9(2)13(12)16-14(11)15-18-17-10(3)19-15/h5-8H,4H2,1-3H3. The first-order chi connectivity index (χ1) is 9.19. The van der Waals surface area contributed by atoms with Crippen molar-refractivity contribution in [2.24, 2.45) is 0 Å². The molecule has 0 unspecified atom stereocenters. The van der Waals surface area contributed by atoms with Crippen LogP contribution < -0.4 is 0 Å². The van der Waals surface area contributed by atoms with E-state index < -0.39 is 0 Å². The van der Waals surface area contributed by atoms with Crippen LogP contribution in [-0.2, 0) is 6.42 Å². The summed E-state index contributed by atoms with van der Waals surface area (Å²) in [6, 6.07) is 8.51. The fraction of sp³-hybridized carbons (Fsp3) is 0.267. The first kappa shape index (κ1) is 12.2. The second kappa shape index (κ2) is 4.70. The minimum atomic E-state index is 0.916. The zero-order valence-corrected chi connectivity index (χ0v) is 12.1. The lowest BCUT2D eigenvalue weighted by molar-refractivity contribution is 1.04. The molecule has 4 heteroatoms. The van der Waals surface area contributed by atoms with Gasteiger partial charge < -0.3 is 0 Å². The fourth-order valence-corrected chi connectivity index (χ4v) is 2.95. The van der Waals surface area contributed by atoms with Crippen molar-refractivity contribution in [2.75, 3.05) is 0 Å². The smallest absolute Gasteiger partial charge is 0.166 e. The largest absolute Gasteiger partial charge is 0.245 e. The lowest BCUT2D eigenvalue weighted by Crippen LogP contribution is -1.94. The molecule has 0 saturated heterocycles. The molecule has 0 aliphatic carbocycles. The molecule has 3 aromatic rings. The highest BCUT2D eigenvalue weighted by molar-refractivity contribution is 7.14. The van der Waals surface area contributed by atoms with E-state index in [1.54, 1.807) is 11.3 Å². The maximum absolute atomic E-state index is 4.84. The predicted molar refractivity (Wildman–Crippen MR) is 79.5 cm³/mol. The first-order valence-electron chi connectivity index (χ1n) is 6.38. The molecule has 1 aromatic carbocycles. The molecule has 0 N–H and O–H groups in total. The number of hydrogen-bond donors (Lipinski definition) is 0. The summed E-state index contributed by atoms with van der Waals surface area (Å²) in [5.41, 5.74) is 4.47. The van der Waals surface area contributed by atoms with Crippen LogP contribution in [-0.4, -0.2) is 15.2 Å². The third kappa shape index (κ3) is 2.12. The average Bonchev–Trinajstić information content (AvgIpc) is 2.84. The quantitative estimate of drug-likeness (QED) is 0.707. The summed E-state index contributed by atoms with van der Waals surface area (Å²) in [4.78, 5) is 4.84. The Hall–Kier alpha value is -1.81.